The van der Waals surface area contributed by atoms with Gasteiger partial charge in [0.1, 0.15) is 6.10 Å². The molecule has 1 N–H and O–H groups in total. The van der Waals surface area contributed by atoms with Crippen molar-refractivity contribution in [1.82, 2.24) is 10.2 Å². The van der Waals surface area contributed by atoms with Crippen LogP contribution < -0.4 is 5.32 Å². The van der Waals surface area contributed by atoms with E-state index in [0.717, 1.165) is 32.2 Å². The molecule has 5 nitrogen and oxygen atoms in total. The van der Waals surface area contributed by atoms with Crippen molar-refractivity contribution in [2.45, 2.75) is 38.2 Å². The Labute approximate surface area is 101 Å². The molecular formula is C12H20N2O3. The molecule has 5 heteroatoms. The minimum absolute atomic E-state index is 0.0352. The van der Waals surface area contributed by atoms with Crippen molar-refractivity contribution in [2.24, 2.45) is 0 Å². The topological polar surface area (TPSA) is 58.6 Å². The summed E-state index contributed by atoms with van der Waals surface area (Å²) in [5.74, 6) is 0.176. The average molecular weight is 240 g/mol. The molecule has 96 valence electrons. The van der Waals surface area contributed by atoms with Crippen molar-refractivity contribution in [2.75, 3.05) is 26.2 Å². The van der Waals surface area contributed by atoms with E-state index in [-0.39, 0.29) is 17.9 Å². The van der Waals surface area contributed by atoms with Crippen LogP contribution in [0.4, 0.5) is 0 Å². The quantitative estimate of drug-likeness (QED) is 0.768. The van der Waals surface area contributed by atoms with Crippen LogP contribution in [0, 0.1) is 0 Å². The van der Waals surface area contributed by atoms with Crippen LogP contribution in [-0.4, -0.2) is 49.1 Å². The van der Waals surface area contributed by atoms with Crippen molar-refractivity contribution in [1.29, 1.82) is 0 Å². The number of ether oxygens (including phenoxy) is 1. The summed E-state index contributed by atoms with van der Waals surface area (Å²) in [6.45, 7) is 2.67. The number of hydrogen-bond donors (Lipinski definition) is 1. The molecule has 2 rings (SSSR count). The van der Waals surface area contributed by atoms with Gasteiger partial charge in [-0.1, -0.05) is 0 Å². The summed E-state index contributed by atoms with van der Waals surface area (Å²) in [5.41, 5.74) is 0. The lowest BCUT2D eigenvalue weighted by atomic mass is 10.1. The maximum Gasteiger partial charge on any atom is 0.249 e. The monoisotopic (exact) mass is 240 g/mol. The molecule has 1 atom stereocenters. The van der Waals surface area contributed by atoms with Crippen LogP contribution in [-0.2, 0) is 14.3 Å². The molecule has 0 saturated carbocycles. The van der Waals surface area contributed by atoms with E-state index in [2.05, 4.69) is 5.32 Å². The van der Waals surface area contributed by atoms with Gasteiger partial charge < -0.3 is 15.0 Å². The van der Waals surface area contributed by atoms with Crippen molar-refractivity contribution < 1.29 is 14.3 Å². The summed E-state index contributed by atoms with van der Waals surface area (Å²) in [7, 11) is 0. The molecular weight excluding hydrogens is 220 g/mol. The molecule has 0 radical (unpaired) electrons. The van der Waals surface area contributed by atoms with E-state index in [1.54, 1.807) is 0 Å². The van der Waals surface area contributed by atoms with E-state index >= 15 is 0 Å². The van der Waals surface area contributed by atoms with Gasteiger partial charge >= 0.3 is 0 Å². The Hall–Kier alpha value is -1.10. The van der Waals surface area contributed by atoms with Gasteiger partial charge in [0.05, 0.1) is 0 Å². The molecule has 2 aliphatic rings. The molecule has 17 heavy (non-hydrogen) atoms. The first kappa shape index (κ1) is 12.4. The van der Waals surface area contributed by atoms with Gasteiger partial charge in [0, 0.05) is 32.7 Å². The van der Waals surface area contributed by atoms with Gasteiger partial charge in [-0.15, -0.1) is 0 Å². The third kappa shape index (κ3) is 3.43. The first-order valence-corrected chi connectivity index (χ1v) is 6.44. The van der Waals surface area contributed by atoms with Crippen molar-refractivity contribution in [3.63, 3.8) is 0 Å². The van der Waals surface area contributed by atoms with Gasteiger partial charge in [-0.25, -0.2) is 0 Å². The molecule has 2 fully saturated rings. The van der Waals surface area contributed by atoms with E-state index < -0.39 is 0 Å². The number of rotatable bonds is 4. The Morgan fingerprint density at radius 1 is 1.41 bits per heavy atom. The van der Waals surface area contributed by atoms with Crippen molar-refractivity contribution >= 4 is 11.8 Å². The predicted molar refractivity (Wildman–Crippen MR) is 62.4 cm³/mol. The molecule has 0 bridgehead atoms. The fourth-order valence-electron chi connectivity index (χ4n) is 2.31. The Morgan fingerprint density at radius 2 is 2.29 bits per heavy atom. The lowest BCUT2D eigenvalue weighted by Gasteiger charge is -2.26. The number of likely N-dealkylation sites (tertiary alicyclic amines) is 1. The summed E-state index contributed by atoms with van der Waals surface area (Å²) in [5, 5.41) is 2.83. The smallest absolute Gasteiger partial charge is 0.249 e. The van der Waals surface area contributed by atoms with Gasteiger partial charge in [0.25, 0.3) is 0 Å². The molecule has 0 aromatic carbocycles. The summed E-state index contributed by atoms with van der Waals surface area (Å²) in [6, 6.07) is 0. The molecule has 0 spiro atoms. The number of amides is 2. The summed E-state index contributed by atoms with van der Waals surface area (Å²) in [4.78, 5) is 25.0. The van der Waals surface area contributed by atoms with E-state index in [1.807, 2.05) is 4.90 Å². The van der Waals surface area contributed by atoms with Crippen LogP contribution in [0.25, 0.3) is 0 Å². The van der Waals surface area contributed by atoms with Crippen LogP contribution in [0.2, 0.25) is 0 Å². The fourth-order valence-corrected chi connectivity index (χ4v) is 2.31. The van der Waals surface area contributed by atoms with Crippen molar-refractivity contribution in [3.05, 3.63) is 0 Å². The number of carbonyl (C=O) groups is 2. The molecule has 0 aromatic heterocycles. The maximum atomic E-state index is 11.6. The molecule has 2 amide bonds. The number of piperidine rings is 1. The number of nitrogens with zero attached hydrogens (tertiary/aromatic N) is 1. The molecule has 0 aliphatic carbocycles. The summed E-state index contributed by atoms with van der Waals surface area (Å²) in [6.07, 6.45) is 4.23. The molecule has 2 heterocycles. The fraction of sp³-hybridized carbons (Fsp3) is 0.833. The predicted octanol–water partition coefficient (Wildman–Crippen LogP) is 0.294. The van der Waals surface area contributed by atoms with Gasteiger partial charge in [-0.3, -0.25) is 9.59 Å². The van der Waals surface area contributed by atoms with Crippen LogP contribution in [0.5, 0.6) is 0 Å². The normalized spacial score (nSPS) is 25.1. The number of hydrogen-bond acceptors (Lipinski definition) is 3. The minimum atomic E-state index is -0.271. The van der Waals surface area contributed by atoms with Gasteiger partial charge in [-0.05, 0) is 25.7 Å². The Morgan fingerprint density at radius 3 is 3.00 bits per heavy atom. The second-order valence-corrected chi connectivity index (χ2v) is 4.63. The first-order chi connectivity index (χ1) is 8.27. The number of carbonyl (C=O) groups excluding carboxylic acids is 2. The SMILES string of the molecule is O=C(NCCN1CCCCC1=O)C1CCCO1. The Bertz CT molecular complexity index is 287. The Kier molecular flexibility index (Phi) is 4.36. The van der Waals surface area contributed by atoms with E-state index in [0.29, 0.717) is 26.1 Å². The van der Waals surface area contributed by atoms with Gasteiger partial charge in [-0.2, -0.15) is 0 Å². The number of nitrogens with one attached hydrogen (secondary N) is 1. The second kappa shape index (κ2) is 6.00. The maximum absolute atomic E-state index is 11.6. The molecule has 1 unspecified atom stereocenters. The zero-order chi connectivity index (χ0) is 12.1. The standard InChI is InChI=1S/C12H20N2O3/c15-11-5-1-2-7-14(11)8-6-13-12(16)10-4-3-9-17-10/h10H,1-9H2,(H,13,16). The van der Waals surface area contributed by atoms with Crippen LogP contribution in [0.15, 0.2) is 0 Å². The third-order valence-electron chi connectivity index (χ3n) is 3.32. The highest BCUT2D eigenvalue weighted by Crippen LogP contribution is 2.12. The highest BCUT2D eigenvalue weighted by molar-refractivity contribution is 5.81. The lowest BCUT2D eigenvalue weighted by molar-refractivity contribution is -0.134. The molecule has 2 aliphatic heterocycles. The molecule has 2 saturated heterocycles. The highest BCUT2D eigenvalue weighted by atomic mass is 16.5. The first-order valence-electron chi connectivity index (χ1n) is 6.44. The minimum Gasteiger partial charge on any atom is -0.368 e. The van der Waals surface area contributed by atoms with Crippen LogP contribution in [0.3, 0.4) is 0 Å². The molecule has 0 aromatic rings. The van der Waals surface area contributed by atoms with E-state index in [1.165, 1.54) is 0 Å². The summed E-state index contributed by atoms with van der Waals surface area (Å²) >= 11 is 0. The zero-order valence-corrected chi connectivity index (χ0v) is 10.1. The summed E-state index contributed by atoms with van der Waals surface area (Å²) < 4.78 is 5.29. The average Bonchev–Trinajstić information content (AvgIpc) is 2.85. The zero-order valence-electron chi connectivity index (χ0n) is 10.1. The van der Waals surface area contributed by atoms with Crippen molar-refractivity contribution in [3.8, 4) is 0 Å². The van der Waals surface area contributed by atoms with Crippen LogP contribution in [0.1, 0.15) is 32.1 Å². The second-order valence-electron chi connectivity index (χ2n) is 4.63. The van der Waals surface area contributed by atoms with Gasteiger partial charge in [0.2, 0.25) is 11.8 Å². The van der Waals surface area contributed by atoms with E-state index in [4.69, 9.17) is 4.74 Å². The van der Waals surface area contributed by atoms with Gasteiger partial charge in [0.15, 0.2) is 0 Å². The largest absolute Gasteiger partial charge is 0.368 e. The highest BCUT2D eigenvalue weighted by Gasteiger charge is 2.23. The van der Waals surface area contributed by atoms with E-state index in [9.17, 15) is 9.59 Å². The van der Waals surface area contributed by atoms with Crippen LogP contribution >= 0.6 is 0 Å². The lowest BCUT2D eigenvalue weighted by Crippen LogP contribution is -2.43. The third-order valence-corrected chi connectivity index (χ3v) is 3.32. The Balaban J connectivity index is 1.64.